The number of carbonyl (C=O) groups is 2. The normalized spacial score (nSPS) is 12.5. The van der Waals surface area contributed by atoms with E-state index < -0.39 is 5.97 Å². The first-order valence-corrected chi connectivity index (χ1v) is 9.72. The second-order valence-corrected chi connectivity index (χ2v) is 7.34. The van der Waals surface area contributed by atoms with Crippen molar-refractivity contribution in [1.82, 2.24) is 0 Å². The van der Waals surface area contributed by atoms with E-state index in [1.807, 2.05) is 6.07 Å². The van der Waals surface area contributed by atoms with Crippen LogP contribution in [0.15, 0.2) is 24.3 Å². The Labute approximate surface area is 157 Å². The number of nitrogens with one attached hydrogen (secondary N) is 1. The van der Waals surface area contributed by atoms with Gasteiger partial charge in [0, 0.05) is 10.4 Å². The topological polar surface area (TPSA) is 64.6 Å². The number of ether oxygens (including phenoxy) is 2. The Bertz CT molecular complexity index is 812. The van der Waals surface area contributed by atoms with Gasteiger partial charge < -0.3 is 14.8 Å². The molecule has 0 bridgehead atoms. The smallest absolute Gasteiger partial charge is 0.341 e. The fraction of sp³-hybridized carbons (Fsp3) is 0.400. The van der Waals surface area contributed by atoms with Crippen LogP contribution in [-0.4, -0.2) is 25.6 Å². The number of benzene rings is 1. The first-order chi connectivity index (χ1) is 12.6. The molecule has 0 atom stereocenters. The Morgan fingerprint density at radius 3 is 2.88 bits per heavy atom. The number of amides is 1. The van der Waals surface area contributed by atoms with Gasteiger partial charge in [0.15, 0.2) is 0 Å². The van der Waals surface area contributed by atoms with Crippen LogP contribution < -0.4 is 10.1 Å². The van der Waals surface area contributed by atoms with Crippen LogP contribution in [0.4, 0.5) is 5.00 Å². The van der Waals surface area contributed by atoms with Gasteiger partial charge in [-0.25, -0.2) is 4.79 Å². The van der Waals surface area contributed by atoms with E-state index >= 15 is 0 Å². The third-order valence-electron chi connectivity index (χ3n) is 4.40. The van der Waals surface area contributed by atoms with Crippen LogP contribution in [0.2, 0.25) is 0 Å². The highest BCUT2D eigenvalue weighted by atomic mass is 32.1. The number of esters is 1. The van der Waals surface area contributed by atoms with Crippen molar-refractivity contribution in [1.29, 1.82) is 0 Å². The minimum absolute atomic E-state index is 0.254. The zero-order valence-electron chi connectivity index (χ0n) is 15.1. The summed E-state index contributed by atoms with van der Waals surface area (Å²) in [6, 6.07) is 7.10. The van der Waals surface area contributed by atoms with E-state index in [4.69, 9.17) is 9.47 Å². The summed E-state index contributed by atoms with van der Waals surface area (Å²) in [5, 5.41) is 3.46. The monoisotopic (exact) mass is 373 g/mol. The minimum Gasteiger partial charge on any atom is -0.494 e. The molecule has 0 fully saturated rings. The van der Waals surface area contributed by atoms with Crippen molar-refractivity contribution in [2.75, 3.05) is 19.0 Å². The highest BCUT2D eigenvalue weighted by Crippen LogP contribution is 2.39. The van der Waals surface area contributed by atoms with Gasteiger partial charge in [-0.3, -0.25) is 4.79 Å². The molecule has 138 valence electrons. The number of anilines is 1. The molecular formula is C20H23NO4S. The molecule has 0 radical (unpaired) electrons. The van der Waals surface area contributed by atoms with E-state index in [1.54, 1.807) is 18.2 Å². The van der Waals surface area contributed by atoms with E-state index in [-0.39, 0.29) is 5.91 Å². The molecule has 6 heteroatoms. The van der Waals surface area contributed by atoms with Crippen molar-refractivity contribution in [2.24, 2.45) is 0 Å². The number of thiophene rings is 1. The highest BCUT2D eigenvalue weighted by molar-refractivity contribution is 7.17. The van der Waals surface area contributed by atoms with Crippen LogP contribution in [0.25, 0.3) is 0 Å². The lowest BCUT2D eigenvalue weighted by Crippen LogP contribution is -2.14. The summed E-state index contributed by atoms with van der Waals surface area (Å²) in [7, 11) is 1.37. The molecule has 2 aromatic rings. The van der Waals surface area contributed by atoms with Crippen LogP contribution in [-0.2, 0) is 17.6 Å². The largest absolute Gasteiger partial charge is 0.494 e. The van der Waals surface area contributed by atoms with Crippen LogP contribution in [0.5, 0.6) is 5.75 Å². The molecule has 1 aromatic heterocycles. The molecule has 1 heterocycles. The van der Waals surface area contributed by atoms with Gasteiger partial charge in [0.2, 0.25) is 0 Å². The number of methoxy groups -OCH3 is 1. The van der Waals surface area contributed by atoms with Gasteiger partial charge in [0.25, 0.3) is 5.91 Å². The lowest BCUT2D eigenvalue weighted by atomic mass is 10.1. The lowest BCUT2D eigenvalue weighted by molar-refractivity contribution is 0.0601. The first kappa shape index (κ1) is 18.5. The summed E-state index contributed by atoms with van der Waals surface area (Å²) in [5.41, 5.74) is 2.03. The van der Waals surface area contributed by atoms with Gasteiger partial charge in [0.1, 0.15) is 10.8 Å². The number of hydrogen-bond donors (Lipinski definition) is 1. The molecule has 5 nitrogen and oxygen atoms in total. The van der Waals surface area contributed by atoms with E-state index in [0.717, 1.165) is 42.5 Å². The Kier molecular flexibility index (Phi) is 5.93. The number of hydrogen-bond acceptors (Lipinski definition) is 5. The van der Waals surface area contributed by atoms with Crippen molar-refractivity contribution in [3.63, 3.8) is 0 Å². The number of aryl methyl sites for hydroxylation is 1. The Morgan fingerprint density at radius 2 is 2.12 bits per heavy atom. The number of unbranched alkanes of at least 4 members (excludes halogenated alkanes) is 1. The van der Waals surface area contributed by atoms with E-state index in [2.05, 4.69) is 12.2 Å². The Morgan fingerprint density at radius 1 is 1.27 bits per heavy atom. The van der Waals surface area contributed by atoms with Crippen molar-refractivity contribution in [3.05, 3.63) is 45.8 Å². The molecule has 0 aliphatic heterocycles. The fourth-order valence-electron chi connectivity index (χ4n) is 3.05. The fourth-order valence-corrected chi connectivity index (χ4v) is 4.32. The third kappa shape index (κ3) is 3.90. The molecule has 1 aliphatic rings. The molecule has 1 aliphatic carbocycles. The molecule has 26 heavy (non-hydrogen) atoms. The molecule has 1 amide bonds. The van der Waals surface area contributed by atoms with Crippen molar-refractivity contribution >= 4 is 28.2 Å². The van der Waals surface area contributed by atoms with Gasteiger partial charge in [-0.15, -0.1) is 11.3 Å². The maximum atomic E-state index is 12.7. The SMILES string of the molecule is CCCCOc1cccc(C(=O)Nc2sc3c(c2C(=O)OC)CCC3)c1. The van der Waals surface area contributed by atoms with Crippen molar-refractivity contribution in [2.45, 2.75) is 39.0 Å². The molecule has 0 saturated heterocycles. The Balaban J connectivity index is 1.78. The van der Waals surface area contributed by atoms with Gasteiger partial charge in [-0.05, 0) is 49.4 Å². The Hall–Kier alpha value is -2.34. The van der Waals surface area contributed by atoms with Gasteiger partial charge in [-0.1, -0.05) is 19.4 Å². The molecule has 3 rings (SSSR count). The van der Waals surface area contributed by atoms with Crippen LogP contribution in [0.3, 0.4) is 0 Å². The average Bonchev–Trinajstić information content (AvgIpc) is 3.22. The van der Waals surface area contributed by atoms with Gasteiger partial charge >= 0.3 is 5.97 Å². The standard InChI is InChI=1S/C20H23NO4S/c1-3-4-11-25-14-8-5-7-13(12-14)18(22)21-19-17(20(23)24-2)15-9-6-10-16(15)26-19/h5,7-8,12H,3-4,6,9-11H2,1-2H3,(H,21,22). The molecule has 0 saturated carbocycles. The van der Waals surface area contributed by atoms with E-state index in [1.165, 1.54) is 18.4 Å². The van der Waals surface area contributed by atoms with Crippen LogP contribution in [0.1, 0.15) is 57.3 Å². The lowest BCUT2D eigenvalue weighted by Gasteiger charge is -2.09. The minimum atomic E-state index is -0.392. The highest BCUT2D eigenvalue weighted by Gasteiger charge is 2.28. The zero-order chi connectivity index (χ0) is 18.5. The van der Waals surface area contributed by atoms with Gasteiger partial charge in [0.05, 0.1) is 19.3 Å². The van der Waals surface area contributed by atoms with Crippen LogP contribution in [0, 0.1) is 0 Å². The molecule has 1 N–H and O–H groups in total. The molecule has 1 aromatic carbocycles. The molecular weight excluding hydrogens is 350 g/mol. The quantitative estimate of drug-likeness (QED) is 0.575. The predicted molar refractivity (Wildman–Crippen MR) is 102 cm³/mol. The summed E-state index contributed by atoms with van der Waals surface area (Å²) < 4.78 is 10.6. The summed E-state index contributed by atoms with van der Waals surface area (Å²) in [4.78, 5) is 26.0. The van der Waals surface area contributed by atoms with E-state index in [9.17, 15) is 9.59 Å². The second kappa shape index (κ2) is 8.36. The summed E-state index contributed by atoms with van der Waals surface area (Å²) in [5.74, 6) is 0.0281. The maximum Gasteiger partial charge on any atom is 0.341 e. The number of rotatable bonds is 7. The van der Waals surface area contributed by atoms with E-state index in [0.29, 0.717) is 28.5 Å². The molecule has 0 unspecified atom stereocenters. The summed E-state index contributed by atoms with van der Waals surface area (Å²) in [6.45, 7) is 2.73. The van der Waals surface area contributed by atoms with Crippen LogP contribution >= 0.6 is 11.3 Å². The van der Waals surface area contributed by atoms with Crippen molar-refractivity contribution in [3.8, 4) is 5.75 Å². The first-order valence-electron chi connectivity index (χ1n) is 8.91. The summed E-state index contributed by atoms with van der Waals surface area (Å²) >= 11 is 1.47. The summed E-state index contributed by atoms with van der Waals surface area (Å²) in [6.07, 6.45) is 4.86. The second-order valence-electron chi connectivity index (χ2n) is 6.24. The van der Waals surface area contributed by atoms with Crippen molar-refractivity contribution < 1.29 is 19.1 Å². The molecule has 0 spiro atoms. The van der Waals surface area contributed by atoms with Gasteiger partial charge in [-0.2, -0.15) is 0 Å². The zero-order valence-corrected chi connectivity index (χ0v) is 15.9. The number of fused-ring (bicyclic) bond motifs is 1. The maximum absolute atomic E-state index is 12.7. The number of carbonyl (C=O) groups excluding carboxylic acids is 2. The third-order valence-corrected chi connectivity index (χ3v) is 5.61. The average molecular weight is 373 g/mol. The predicted octanol–water partition coefficient (Wildman–Crippen LogP) is 4.45.